The number of para-hydroxylation sites is 6. The van der Waals surface area contributed by atoms with Gasteiger partial charge in [-0.15, -0.1) is 0 Å². The molecule has 4 heterocycles. The van der Waals surface area contributed by atoms with Gasteiger partial charge >= 0.3 is 0 Å². The molecule has 8 aromatic carbocycles. The Morgan fingerprint density at radius 3 is 1.51 bits per heavy atom. The lowest BCUT2D eigenvalue weighted by molar-refractivity contribution is 0.550. The van der Waals surface area contributed by atoms with Crippen molar-refractivity contribution in [3.63, 3.8) is 0 Å². The zero-order valence-electron chi connectivity index (χ0n) is 36.1. The number of aryl methyl sites for hydroxylation is 1. The van der Waals surface area contributed by atoms with E-state index < -0.39 is 0 Å². The van der Waals surface area contributed by atoms with E-state index in [1.54, 1.807) is 0 Å². The minimum Gasteiger partial charge on any atom is -0.333 e. The van der Waals surface area contributed by atoms with E-state index in [9.17, 15) is 0 Å². The van der Waals surface area contributed by atoms with Crippen LogP contribution >= 0.6 is 0 Å². The second kappa shape index (κ2) is 13.7. The van der Waals surface area contributed by atoms with Gasteiger partial charge in [0.05, 0.1) is 39.3 Å². The Hall–Kier alpha value is -8.08. The van der Waals surface area contributed by atoms with Gasteiger partial charge in [0.25, 0.3) is 0 Å². The summed E-state index contributed by atoms with van der Waals surface area (Å²) in [6.07, 6.45) is 11.7. The molecule has 0 radical (unpaired) electrons. The normalized spacial score (nSPS) is 17.8. The molecular weight excluding hydrogens is 789 g/mol. The van der Waals surface area contributed by atoms with Gasteiger partial charge in [-0.25, -0.2) is 0 Å². The van der Waals surface area contributed by atoms with Crippen molar-refractivity contribution in [3.05, 3.63) is 229 Å². The maximum atomic E-state index is 2.56. The highest BCUT2D eigenvalue weighted by atomic mass is 15.2. The maximum absolute atomic E-state index is 2.56. The molecular formula is C61H44N4. The van der Waals surface area contributed by atoms with Gasteiger partial charge in [-0.2, -0.15) is 0 Å². The summed E-state index contributed by atoms with van der Waals surface area (Å²) in [6.45, 7) is 2.40. The first-order valence-corrected chi connectivity index (χ1v) is 22.9. The van der Waals surface area contributed by atoms with Crippen molar-refractivity contribution in [2.24, 2.45) is 0 Å². The molecule has 4 nitrogen and oxygen atoms in total. The summed E-state index contributed by atoms with van der Waals surface area (Å²) in [7, 11) is 0. The third-order valence-corrected chi connectivity index (χ3v) is 14.8. The van der Waals surface area contributed by atoms with E-state index in [-0.39, 0.29) is 11.5 Å². The fourth-order valence-corrected chi connectivity index (χ4v) is 11.8. The largest absolute Gasteiger partial charge is 0.333 e. The summed E-state index contributed by atoms with van der Waals surface area (Å²) in [5.74, 6) is 0. The lowest BCUT2D eigenvalue weighted by Crippen LogP contribution is -2.40. The van der Waals surface area contributed by atoms with Crippen molar-refractivity contribution in [1.29, 1.82) is 0 Å². The molecule has 0 N–H and O–H groups in total. The van der Waals surface area contributed by atoms with Crippen molar-refractivity contribution in [2.45, 2.75) is 31.2 Å². The standard InChI is InChI=1S/C61H44N4/c1-61-37-36-45(64-56-23-11-4-16-48(56)49-17-5-12-24-57(49)64)39-60(61)65(58-25-13-7-19-52(58)61)43-32-28-41(29-33-43)40-26-30-42(31-27-40)62-53-20-8-6-18-50(53)51-35-34-44(38-59(51)62)63-54-21-9-2-14-46(54)47-15-3-10-22-55(47)63/h2-33,36-39,60H,34-35H2,1H3. The number of nitrogens with zero attached hydrogens (tertiary/aromatic N) is 4. The minimum atomic E-state index is -0.186. The van der Waals surface area contributed by atoms with Gasteiger partial charge in [0.1, 0.15) is 0 Å². The lowest BCUT2D eigenvalue weighted by atomic mass is 9.75. The van der Waals surface area contributed by atoms with Crippen molar-refractivity contribution >= 4 is 83.4 Å². The molecule has 2 unspecified atom stereocenters. The lowest BCUT2D eigenvalue weighted by Gasteiger charge is -2.36. The molecule has 0 fully saturated rings. The molecule has 1 aliphatic heterocycles. The molecule has 0 saturated carbocycles. The van der Waals surface area contributed by atoms with Gasteiger partial charge < -0.3 is 18.6 Å². The zero-order valence-corrected chi connectivity index (χ0v) is 36.1. The number of fused-ring (bicyclic) bond motifs is 12. The van der Waals surface area contributed by atoms with Crippen molar-refractivity contribution in [3.8, 4) is 16.8 Å². The average Bonchev–Trinajstić information content (AvgIpc) is 4.07. The van der Waals surface area contributed by atoms with Gasteiger partial charge in [-0.05, 0) is 121 Å². The first-order valence-electron chi connectivity index (χ1n) is 22.9. The minimum absolute atomic E-state index is 0.0943. The molecule has 2 atom stereocenters. The van der Waals surface area contributed by atoms with Crippen LogP contribution in [0.3, 0.4) is 0 Å². The molecule has 0 spiro atoms. The number of hydrogen-bond donors (Lipinski definition) is 0. The first-order chi connectivity index (χ1) is 32.1. The number of hydrogen-bond acceptors (Lipinski definition) is 1. The van der Waals surface area contributed by atoms with E-state index in [1.165, 1.54) is 111 Å². The Morgan fingerprint density at radius 1 is 0.446 bits per heavy atom. The Morgan fingerprint density at radius 2 is 0.923 bits per heavy atom. The third-order valence-electron chi connectivity index (χ3n) is 14.8. The highest BCUT2D eigenvalue weighted by Crippen LogP contribution is 2.53. The summed E-state index contributed by atoms with van der Waals surface area (Å²) < 4.78 is 7.42. The van der Waals surface area contributed by atoms with Crippen LogP contribution in [-0.2, 0) is 11.8 Å². The number of allylic oxidation sites excluding steroid dienone is 3. The van der Waals surface area contributed by atoms with Crippen LogP contribution in [0.2, 0.25) is 0 Å². The van der Waals surface area contributed by atoms with Crippen LogP contribution in [0.4, 0.5) is 11.4 Å². The van der Waals surface area contributed by atoms with Gasteiger partial charge in [-0.3, -0.25) is 0 Å². The van der Waals surface area contributed by atoms with Crippen LogP contribution in [0.25, 0.3) is 88.8 Å². The quantitative estimate of drug-likeness (QED) is 0.169. The Kier molecular flexibility index (Phi) is 7.68. The Bertz CT molecular complexity index is 3740. The van der Waals surface area contributed by atoms with Gasteiger partial charge in [-0.1, -0.05) is 140 Å². The molecule has 2 aliphatic carbocycles. The first kappa shape index (κ1) is 36.4. The zero-order chi connectivity index (χ0) is 42.8. The average molecular weight is 833 g/mol. The number of benzene rings is 8. The van der Waals surface area contributed by atoms with Crippen LogP contribution < -0.4 is 4.90 Å². The SMILES string of the molecule is CC12C=CC(n3c4ccccc4c4ccccc43)=CC1N(c1ccc(-c3ccc(-n4c5c(c6ccccc64)CCC(n4c6ccccc6c6ccccc64)=C5)cc3)cc1)c1ccccc12. The Labute approximate surface area is 377 Å². The fraction of sp³-hybridized carbons (Fsp3) is 0.0820. The van der Waals surface area contributed by atoms with Gasteiger partial charge in [0.2, 0.25) is 0 Å². The highest BCUT2D eigenvalue weighted by Gasteiger charge is 2.47. The van der Waals surface area contributed by atoms with Crippen LogP contribution in [0.5, 0.6) is 0 Å². The van der Waals surface area contributed by atoms with Gasteiger partial charge in [0.15, 0.2) is 0 Å². The monoisotopic (exact) mass is 832 g/mol. The van der Waals surface area contributed by atoms with E-state index in [0.29, 0.717) is 0 Å². The molecule has 14 rings (SSSR count). The molecule has 11 aromatic rings. The molecule has 4 heteroatoms. The summed E-state index contributed by atoms with van der Waals surface area (Å²) in [5, 5.41) is 6.50. The van der Waals surface area contributed by atoms with Crippen LogP contribution in [0.1, 0.15) is 30.2 Å². The molecule has 3 aliphatic rings. The maximum Gasteiger partial charge on any atom is 0.0675 e. The fourth-order valence-electron chi connectivity index (χ4n) is 11.8. The van der Waals surface area contributed by atoms with Crippen LogP contribution in [0.15, 0.2) is 212 Å². The third kappa shape index (κ3) is 5.19. The number of rotatable bonds is 5. The van der Waals surface area contributed by atoms with E-state index >= 15 is 0 Å². The summed E-state index contributed by atoms with van der Waals surface area (Å²) in [4.78, 5) is 2.56. The summed E-state index contributed by atoms with van der Waals surface area (Å²) >= 11 is 0. The van der Waals surface area contributed by atoms with Crippen molar-refractivity contribution < 1.29 is 0 Å². The second-order valence-electron chi connectivity index (χ2n) is 18.2. The van der Waals surface area contributed by atoms with E-state index in [0.717, 1.165) is 12.8 Å². The molecule has 3 aromatic heterocycles. The van der Waals surface area contributed by atoms with Crippen molar-refractivity contribution in [2.75, 3.05) is 4.90 Å². The second-order valence-corrected chi connectivity index (χ2v) is 18.2. The van der Waals surface area contributed by atoms with Gasteiger partial charge in [0, 0.05) is 60.8 Å². The van der Waals surface area contributed by atoms with E-state index in [4.69, 9.17) is 0 Å². The van der Waals surface area contributed by atoms with Crippen LogP contribution in [-0.4, -0.2) is 19.7 Å². The smallest absolute Gasteiger partial charge is 0.0675 e. The molecule has 308 valence electrons. The van der Waals surface area contributed by atoms with Crippen LogP contribution in [0, 0.1) is 0 Å². The number of aromatic nitrogens is 3. The molecule has 0 saturated heterocycles. The summed E-state index contributed by atoms with van der Waals surface area (Å²) in [5.41, 5.74) is 18.7. The van der Waals surface area contributed by atoms with Crippen molar-refractivity contribution in [1.82, 2.24) is 13.7 Å². The predicted octanol–water partition coefficient (Wildman–Crippen LogP) is 15.3. The van der Waals surface area contributed by atoms with E-state index in [2.05, 4.69) is 244 Å². The predicted molar refractivity (Wildman–Crippen MR) is 273 cm³/mol. The summed E-state index contributed by atoms with van der Waals surface area (Å²) in [6, 6.07) is 71.6. The Balaban J connectivity index is 0.829. The molecule has 65 heavy (non-hydrogen) atoms. The topological polar surface area (TPSA) is 18.0 Å². The highest BCUT2D eigenvalue weighted by molar-refractivity contribution is 6.12. The molecule has 0 bridgehead atoms. The molecule has 0 amide bonds. The number of anilines is 2. The van der Waals surface area contributed by atoms with E-state index in [1.807, 2.05) is 0 Å².